The summed E-state index contributed by atoms with van der Waals surface area (Å²) in [5.41, 5.74) is 1.56. The van der Waals surface area contributed by atoms with Crippen LogP contribution >= 0.6 is 23.1 Å². The van der Waals surface area contributed by atoms with E-state index >= 15 is 0 Å². The Morgan fingerprint density at radius 2 is 2.33 bits per heavy atom. The average molecular weight is 240 g/mol. The fourth-order valence-corrected chi connectivity index (χ4v) is 3.31. The van der Waals surface area contributed by atoms with E-state index in [1.807, 2.05) is 11.8 Å². The third-order valence-electron chi connectivity index (χ3n) is 2.35. The molecule has 0 atom stereocenters. The highest BCUT2D eigenvalue weighted by Crippen LogP contribution is 2.23. The zero-order valence-electron chi connectivity index (χ0n) is 9.33. The van der Waals surface area contributed by atoms with Crippen molar-refractivity contribution in [2.75, 3.05) is 5.75 Å². The molecule has 1 aromatic heterocycles. The van der Waals surface area contributed by atoms with Gasteiger partial charge in [0.25, 0.3) is 0 Å². The molecular formula is C11H16N2S2. The Balaban J connectivity index is 1.99. The minimum Gasteiger partial charge on any atom is -0.359 e. The van der Waals surface area contributed by atoms with Gasteiger partial charge in [0.1, 0.15) is 0 Å². The van der Waals surface area contributed by atoms with Crippen molar-refractivity contribution in [1.82, 2.24) is 5.32 Å². The third kappa shape index (κ3) is 2.75. The predicted octanol–water partition coefficient (Wildman–Crippen LogP) is 3.03. The van der Waals surface area contributed by atoms with Crippen LogP contribution in [0.2, 0.25) is 0 Å². The number of amidine groups is 1. The Kier molecular flexibility index (Phi) is 3.07. The molecule has 2 nitrogen and oxygen atoms in total. The topological polar surface area (TPSA) is 24.4 Å². The van der Waals surface area contributed by atoms with Gasteiger partial charge in [0.05, 0.1) is 6.54 Å². The molecule has 15 heavy (non-hydrogen) atoms. The number of hydrogen-bond acceptors (Lipinski definition) is 3. The van der Waals surface area contributed by atoms with E-state index in [4.69, 9.17) is 0 Å². The van der Waals surface area contributed by atoms with Crippen molar-refractivity contribution < 1.29 is 0 Å². The van der Waals surface area contributed by atoms with Gasteiger partial charge >= 0.3 is 0 Å². The lowest BCUT2D eigenvalue weighted by Crippen LogP contribution is -2.36. The van der Waals surface area contributed by atoms with Crippen LogP contribution in [0.1, 0.15) is 24.3 Å². The molecule has 0 spiro atoms. The maximum Gasteiger partial charge on any atom is 0.157 e. The van der Waals surface area contributed by atoms with Crippen LogP contribution in [0, 0.1) is 6.92 Å². The highest BCUT2D eigenvalue weighted by Gasteiger charge is 2.27. The van der Waals surface area contributed by atoms with Crippen molar-refractivity contribution in [2.24, 2.45) is 4.99 Å². The van der Waals surface area contributed by atoms with E-state index in [9.17, 15) is 0 Å². The molecule has 1 aliphatic heterocycles. The smallest absolute Gasteiger partial charge is 0.157 e. The summed E-state index contributed by atoms with van der Waals surface area (Å²) >= 11 is 3.61. The molecule has 4 heteroatoms. The summed E-state index contributed by atoms with van der Waals surface area (Å²) in [7, 11) is 0. The zero-order valence-corrected chi connectivity index (χ0v) is 11.0. The maximum atomic E-state index is 4.60. The van der Waals surface area contributed by atoms with Gasteiger partial charge in [-0.3, -0.25) is 4.99 Å². The van der Waals surface area contributed by atoms with Crippen LogP contribution in [0.3, 0.4) is 0 Å². The zero-order chi connectivity index (χ0) is 10.9. The number of thiophene rings is 1. The molecule has 0 aliphatic carbocycles. The first kappa shape index (κ1) is 11.0. The highest BCUT2D eigenvalue weighted by atomic mass is 32.2. The highest BCUT2D eigenvalue weighted by molar-refractivity contribution is 8.14. The fraction of sp³-hybridized carbons (Fsp3) is 0.545. The number of nitrogens with zero attached hydrogens (tertiary/aromatic N) is 1. The Bertz CT molecular complexity index is 380. The van der Waals surface area contributed by atoms with Crippen molar-refractivity contribution in [2.45, 2.75) is 32.9 Å². The Morgan fingerprint density at radius 3 is 2.87 bits per heavy atom. The van der Waals surface area contributed by atoms with Gasteiger partial charge in [-0.15, -0.1) is 11.3 Å². The molecule has 0 aromatic carbocycles. The number of hydrogen-bond donors (Lipinski definition) is 1. The van der Waals surface area contributed by atoms with Crippen molar-refractivity contribution in [3.63, 3.8) is 0 Å². The lowest BCUT2D eigenvalue weighted by Gasteiger charge is -2.15. The average Bonchev–Trinajstić information content (AvgIpc) is 2.69. The van der Waals surface area contributed by atoms with E-state index in [1.54, 1.807) is 11.3 Å². The predicted molar refractivity (Wildman–Crippen MR) is 69.9 cm³/mol. The molecule has 1 fully saturated rings. The number of rotatable bonds is 2. The van der Waals surface area contributed by atoms with Crippen molar-refractivity contribution in [3.8, 4) is 0 Å². The summed E-state index contributed by atoms with van der Waals surface area (Å²) in [6, 6.07) is 2.15. The number of nitrogens with one attached hydrogen (secondary N) is 1. The van der Waals surface area contributed by atoms with Gasteiger partial charge in [-0.2, -0.15) is 0 Å². The van der Waals surface area contributed by atoms with Crippen LogP contribution in [0.15, 0.2) is 16.4 Å². The van der Waals surface area contributed by atoms with E-state index in [2.05, 4.69) is 42.5 Å². The van der Waals surface area contributed by atoms with E-state index in [1.165, 1.54) is 10.4 Å². The second kappa shape index (κ2) is 4.18. The molecule has 0 radical (unpaired) electrons. The van der Waals surface area contributed by atoms with Crippen molar-refractivity contribution >= 4 is 28.3 Å². The van der Waals surface area contributed by atoms with Crippen LogP contribution in [0.4, 0.5) is 0 Å². The van der Waals surface area contributed by atoms with E-state index < -0.39 is 0 Å². The summed E-state index contributed by atoms with van der Waals surface area (Å²) < 4.78 is 0. The van der Waals surface area contributed by atoms with Crippen LogP contribution in [-0.4, -0.2) is 16.5 Å². The van der Waals surface area contributed by atoms with E-state index in [0.29, 0.717) is 0 Å². The number of aliphatic imine (C=N–C) groups is 1. The first-order chi connectivity index (χ1) is 7.07. The van der Waals surface area contributed by atoms with Crippen LogP contribution in [0.5, 0.6) is 0 Å². The van der Waals surface area contributed by atoms with E-state index in [-0.39, 0.29) is 5.54 Å². The molecule has 0 bridgehead atoms. The quantitative estimate of drug-likeness (QED) is 0.859. The van der Waals surface area contributed by atoms with Gasteiger partial charge in [-0.25, -0.2) is 0 Å². The summed E-state index contributed by atoms with van der Waals surface area (Å²) in [5, 5.41) is 6.65. The van der Waals surface area contributed by atoms with Crippen LogP contribution < -0.4 is 5.32 Å². The van der Waals surface area contributed by atoms with Crippen LogP contribution in [-0.2, 0) is 6.54 Å². The number of thioether (sulfide) groups is 1. The first-order valence-corrected chi connectivity index (χ1v) is 6.92. The number of aryl methyl sites for hydroxylation is 1. The molecule has 82 valence electrons. The third-order valence-corrected chi connectivity index (χ3v) is 4.73. The minimum atomic E-state index is 0.202. The van der Waals surface area contributed by atoms with Crippen molar-refractivity contribution in [1.29, 1.82) is 0 Å². The lowest BCUT2D eigenvalue weighted by molar-refractivity contribution is 0.536. The molecule has 2 heterocycles. The van der Waals surface area contributed by atoms with Gasteiger partial charge in [0, 0.05) is 16.2 Å². The summed E-state index contributed by atoms with van der Waals surface area (Å²) in [5.74, 6) is 1.11. The standard InChI is InChI=1S/C11H16N2S2/c1-8-4-5-14-9(8)6-12-10-13-11(2,3)7-15-10/h4-5H,6-7H2,1-3H3,(H,12,13). The maximum absolute atomic E-state index is 4.60. The molecule has 2 rings (SSSR count). The molecule has 0 saturated carbocycles. The van der Waals surface area contributed by atoms with E-state index in [0.717, 1.165) is 17.5 Å². The summed E-state index contributed by atoms with van der Waals surface area (Å²) in [6.45, 7) is 7.37. The summed E-state index contributed by atoms with van der Waals surface area (Å²) in [4.78, 5) is 5.97. The van der Waals surface area contributed by atoms with Crippen LogP contribution in [0.25, 0.3) is 0 Å². The Hall–Kier alpha value is -0.480. The Labute approximate surface area is 99.2 Å². The lowest BCUT2D eigenvalue weighted by atomic mass is 10.1. The molecular weight excluding hydrogens is 224 g/mol. The Morgan fingerprint density at radius 1 is 1.53 bits per heavy atom. The summed E-state index contributed by atoms with van der Waals surface area (Å²) in [6.07, 6.45) is 0. The normalized spacial score (nSPS) is 21.9. The van der Waals surface area contributed by atoms with Gasteiger partial charge < -0.3 is 5.32 Å². The second-order valence-corrected chi connectivity index (χ2v) is 6.41. The minimum absolute atomic E-state index is 0.202. The molecule has 0 amide bonds. The molecule has 0 unspecified atom stereocenters. The van der Waals surface area contributed by atoms with Gasteiger partial charge in [0.15, 0.2) is 5.17 Å². The second-order valence-electron chi connectivity index (χ2n) is 4.45. The molecule has 1 saturated heterocycles. The van der Waals surface area contributed by atoms with Gasteiger partial charge in [-0.05, 0) is 37.8 Å². The monoisotopic (exact) mass is 240 g/mol. The fourth-order valence-electron chi connectivity index (χ4n) is 1.41. The molecule has 1 aromatic rings. The SMILES string of the molecule is Cc1ccsc1CN=C1NC(C)(C)CS1. The van der Waals surface area contributed by atoms with Gasteiger partial charge in [0.2, 0.25) is 0 Å². The molecule has 1 N–H and O–H groups in total. The van der Waals surface area contributed by atoms with Crippen molar-refractivity contribution in [3.05, 3.63) is 21.9 Å². The molecule has 1 aliphatic rings. The van der Waals surface area contributed by atoms with Gasteiger partial charge in [-0.1, -0.05) is 11.8 Å². The first-order valence-electron chi connectivity index (χ1n) is 5.05. The largest absolute Gasteiger partial charge is 0.359 e.